The molecule has 0 saturated heterocycles. The maximum absolute atomic E-state index is 8.62. The minimum atomic E-state index is 0.518. The topological polar surface area (TPSA) is 54.7 Å². The predicted octanol–water partition coefficient (Wildman–Crippen LogP) is 3.75. The molecule has 0 unspecified atom stereocenters. The number of hydrogen-bond donors (Lipinski definition) is 1. The lowest BCUT2D eigenvalue weighted by atomic mass is 10.1. The third-order valence-electron chi connectivity index (χ3n) is 3.21. The van der Waals surface area contributed by atoms with Crippen molar-refractivity contribution in [2.24, 2.45) is 5.16 Å². The molecule has 0 atom stereocenters. The third-order valence-corrected chi connectivity index (χ3v) is 3.21. The van der Waals surface area contributed by atoms with Crippen molar-refractivity contribution in [3.05, 3.63) is 59.4 Å². The highest BCUT2D eigenvalue weighted by atomic mass is 16.5. The molecular weight excluding hydrogens is 264 g/mol. The molecule has 110 valence electrons. The Bertz CT molecular complexity index is 606. The van der Waals surface area contributed by atoms with E-state index in [-0.39, 0.29) is 0 Å². The Labute approximate surface area is 125 Å². The number of benzene rings is 1. The van der Waals surface area contributed by atoms with E-state index >= 15 is 0 Å². The first-order valence-electron chi connectivity index (χ1n) is 6.97. The summed E-state index contributed by atoms with van der Waals surface area (Å²) < 4.78 is 5.75. The highest BCUT2D eigenvalue weighted by Crippen LogP contribution is 2.15. The maximum atomic E-state index is 8.62. The summed E-state index contributed by atoms with van der Waals surface area (Å²) in [5, 5.41) is 11.8. The Morgan fingerprint density at radius 1 is 1.19 bits per heavy atom. The second-order valence-electron chi connectivity index (χ2n) is 5.14. The van der Waals surface area contributed by atoms with Crippen molar-refractivity contribution >= 4 is 5.71 Å². The van der Waals surface area contributed by atoms with Crippen LogP contribution < -0.4 is 4.74 Å². The first-order valence-corrected chi connectivity index (χ1v) is 6.97. The molecule has 0 aliphatic rings. The molecule has 0 aliphatic carbocycles. The average Bonchev–Trinajstić information content (AvgIpc) is 2.51. The van der Waals surface area contributed by atoms with Gasteiger partial charge >= 0.3 is 0 Å². The SMILES string of the molecule is C/C(CCc1ccc(OCc2cncc(C)c2)cc1)=N/O. The number of nitrogens with zero attached hydrogens (tertiary/aromatic N) is 2. The molecular formula is C17H20N2O2. The zero-order valence-electron chi connectivity index (χ0n) is 12.4. The Balaban J connectivity index is 1.87. The normalized spacial score (nSPS) is 11.4. The quantitative estimate of drug-likeness (QED) is 0.499. The highest BCUT2D eigenvalue weighted by molar-refractivity contribution is 5.81. The standard InChI is InChI=1S/C17H20N2O2/c1-13-9-16(11-18-10-13)12-21-17-7-5-15(6-8-17)4-3-14(2)19-20/h5-11,20H,3-4,12H2,1-2H3/b19-14-. The zero-order chi connectivity index (χ0) is 15.1. The Morgan fingerprint density at radius 3 is 2.62 bits per heavy atom. The van der Waals surface area contributed by atoms with Crippen molar-refractivity contribution < 1.29 is 9.94 Å². The van der Waals surface area contributed by atoms with Crippen molar-refractivity contribution in [1.29, 1.82) is 0 Å². The van der Waals surface area contributed by atoms with Gasteiger partial charge in [0.05, 0.1) is 5.71 Å². The van der Waals surface area contributed by atoms with Crippen molar-refractivity contribution in [2.45, 2.75) is 33.3 Å². The summed E-state index contributed by atoms with van der Waals surface area (Å²) >= 11 is 0. The van der Waals surface area contributed by atoms with Crippen molar-refractivity contribution in [3.8, 4) is 5.75 Å². The van der Waals surface area contributed by atoms with Crippen LogP contribution >= 0.6 is 0 Å². The van der Waals surface area contributed by atoms with Crippen molar-refractivity contribution in [1.82, 2.24) is 4.98 Å². The Morgan fingerprint density at radius 2 is 1.95 bits per heavy atom. The van der Waals surface area contributed by atoms with Crippen LogP contribution in [0.3, 0.4) is 0 Å². The molecule has 21 heavy (non-hydrogen) atoms. The lowest BCUT2D eigenvalue weighted by Gasteiger charge is -2.07. The van der Waals surface area contributed by atoms with E-state index in [0.29, 0.717) is 6.61 Å². The van der Waals surface area contributed by atoms with E-state index in [1.807, 2.05) is 50.5 Å². The molecule has 1 N–H and O–H groups in total. The summed E-state index contributed by atoms with van der Waals surface area (Å²) in [6.45, 7) is 4.35. The Kier molecular flexibility index (Phi) is 5.32. The van der Waals surface area contributed by atoms with Crippen LogP contribution in [0.15, 0.2) is 47.9 Å². The van der Waals surface area contributed by atoms with Gasteiger partial charge < -0.3 is 9.94 Å². The van der Waals surface area contributed by atoms with Gasteiger partial charge in [0, 0.05) is 18.0 Å². The molecule has 1 aromatic carbocycles. The molecule has 0 radical (unpaired) electrons. The summed E-state index contributed by atoms with van der Waals surface area (Å²) in [5.41, 5.74) is 4.13. The van der Waals surface area contributed by atoms with Crippen LogP contribution in [0.1, 0.15) is 30.0 Å². The summed E-state index contributed by atoms with van der Waals surface area (Å²) in [7, 11) is 0. The van der Waals surface area contributed by atoms with E-state index in [4.69, 9.17) is 9.94 Å². The van der Waals surface area contributed by atoms with E-state index in [1.165, 1.54) is 5.56 Å². The summed E-state index contributed by atoms with van der Waals surface area (Å²) in [5.74, 6) is 0.841. The molecule has 1 heterocycles. The summed E-state index contributed by atoms with van der Waals surface area (Å²) in [6, 6.07) is 10.1. The van der Waals surface area contributed by atoms with Crippen LogP contribution in [0.5, 0.6) is 5.75 Å². The van der Waals surface area contributed by atoms with Gasteiger partial charge in [-0.15, -0.1) is 0 Å². The number of aromatic nitrogens is 1. The molecule has 0 fully saturated rings. The van der Waals surface area contributed by atoms with Gasteiger partial charge in [0.25, 0.3) is 0 Å². The highest BCUT2D eigenvalue weighted by Gasteiger charge is 1.99. The van der Waals surface area contributed by atoms with Crippen LogP contribution in [0.2, 0.25) is 0 Å². The third kappa shape index (κ3) is 4.91. The van der Waals surface area contributed by atoms with Crippen LogP contribution in [0.4, 0.5) is 0 Å². The first-order chi connectivity index (χ1) is 10.2. The number of rotatable bonds is 6. The molecule has 0 spiro atoms. The van der Waals surface area contributed by atoms with E-state index in [1.54, 1.807) is 0 Å². The first kappa shape index (κ1) is 15.0. The van der Waals surface area contributed by atoms with E-state index in [0.717, 1.165) is 35.4 Å². The van der Waals surface area contributed by atoms with E-state index in [9.17, 15) is 0 Å². The van der Waals surface area contributed by atoms with Crippen LogP contribution in [0.25, 0.3) is 0 Å². The largest absolute Gasteiger partial charge is 0.489 e. The second-order valence-corrected chi connectivity index (χ2v) is 5.14. The second kappa shape index (κ2) is 7.43. The number of hydrogen-bond acceptors (Lipinski definition) is 4. The van der Waals surface area contributed by atoms with Gasteiger partial charge in [-0.1, -0.05) is 17.3 Å². The monoisotopic (exact) mass is 284 g/mol. The fourth-order valence-electron chi connectivity index (χ4n) is 1.99. The molecule has 1 aromatic heterocycles. The number of pyridine rings is 1. The molecule has 2 rings (SSSR count). The van der Waals surface area contributed by atoms with Crippen molar-refractivity contribution in [3.63, 3.8) is 0 Å². The minimum Gasteiger partial charge on any atom is -0.489 e. The lowest BCUT2D eigenvalue weighted by molar-refractivity contribution is 0.305. The minimum absolute atomic E-state index is 0.518. The van der Waals surface area contributed by atoms with Gasteiger partial charge in [-0.2, -0.15) is 0 Å². The van der Waals surface area contributed by atoms with E-state index in [2.05, 4.69) is 16.2 Å². The molecule has 0 amide bonds. The van der Waals surface area contributed by atoms with Gasteiger partial charge in [-0.3, -0.25) is 4.98 Å². The van der Waals surface area contributed by atoms with Gasteiger partial charge in [0.1, 0.15) is 12.4 Å². The lowest BCUT2D eigenvalue weighted by Crippen LogP contribution is -1.98. The average molecular weight is 284 g/mol. The number of ether oxygens (including phenoxy) is 1. The van der Waals surface area contributed by atoms with Crippen molar-refractivity contribution in [2.75, 3.05) is 0 Å². The van der Waals surface area contributed by atoms with Gasteiger partial charge in [-0.25, -0.2) is 0 Å². The molecule has 2 aromatic rings. The smallest absolute Gasteiger partial charge is 0.119 e. The Hall–Kier alpha value is -2.36. The van der Waals surface area contributed by atoms with Crippen LogP contribution in [-0.4, -0.2) is 15.9 Å². The number of oxime groups is 1. The fraction of sp³-hybridized carbons (Fsp3) is 0.294. The van der Waals surface area contributed by atoms with Gasteiger partial charge in [0.15, 0.2) is 0 Å². The molecule has 4 heteroatoms. The molecule has 0 bridgehead atoms. The maximum Gasteiger partial charge on any atom is 0.119 e. The van der Waals surface area contributed by atoms with E-state index < -0.39 is 0 Å². The van der Waals surface area contributed by atoms with Crippen LogP contribution in [0, 0.1) is 6.92 Å². The zero-order valence-corrected chi connectivity index (χ0v) is 12.4. The molecule has 0 aliphatic heterocycles. The molecule has 0 saturated carbocycles. The fourth-order valence-corrected chi connectivity index (χ4v) is 1.99. The van der Waals surface area contributed by atoms with Crippen LogP contribution in [-0.2, 0) is 13.0 Å². The van der Waals surface area contributed by atoms with Gasteiger partial charge in [-0.05, 0) is 56.0 Å². The summed E-state index contributed by atoms with van der Waals surface area (Å²) in [4.78, 5) is 4.15. The van der Waals surface area contributed by atoms with Gasteiger partial charge in [0.2, 0.25) is 0 Å². The summed E-state index contributed by atoms with van der Waals surface area (Å²) in [6.07, 6.45) is 5.26. The molecule has 4 nitrogen and oxygen atoms in total. The number of aryl methyl sites for hydroxylation is 2. The predicted molar refractivity (Wildman–Crippen MR) is 83.0 cm³/mol.